The Bertz CT molecular complexity index is 458. The minimum absolute atomic E-state index is 0. The first-order chi connectivity index (χ1) is 12.1. The van der Waals surface area contributed by atoms with E-state index in [2.05, 4.69) is 17.6 Å². The Labute approximate surface area is 179 Å². The van der Waals surface area contributed by atoms with Gasteiger partial charge in [-0.05, 0) is 50.9 Å². The number of nitrogens with zero attached hydrogens (tertiary/aromatic N) is 1. The fourth-order valence-electron chi connectivity index (χ4n) is 3.99. The van der Waals surface area contributed by atoms with Crippen molar-refractivity contribution < 1.29 is 8.95 Å². The molecule has 0 aromatic heterocycles. The summed E-state index contributed by atoms with van der Waals surface area (Å²) in [7, 11) is 1.10. The molecule has 26 heavy (non-hydrogen) atoms. The van der Waals surface area contributed by atoms with Crippen LogP contribution in [-0.4, -0.2) is 54.0 Å². The van der Waals surface area contributed by atoms with Crippen LogP contribution in [0.15, 0.2) is 4.99 Å². The third kappa shape index (κ3) is 7.26. The predicted octanol–water partition coefficient (Wildman–Crippen LogP) is 3.45. The van der Waals surface area contributed by atoms with Crippen LogP contribution in [0.3, 0.4) is 0 Å². The van der Waals surface area contributed by atoms with Crippen molar-refractivity contribution in [2.45, 2.75) is 76.5 Å². The minimum Gasteiger partial charge on any atom is -0.385 e. The Morgan fingerprint density at radius 1 is 1.27 bits per heavy atom. The van der Waals surface area contributed by atoms with Crippen LogP contribution in [0, 0.1) is 5.41 Å². The lowest BCUT2D eigenvalue weighted by Gasteiger charge is -2.41. The van der Waals surface area contributed by atoms with Crippen LogP contribution >= 0.6 is 24.0 Å². The lowest BCUT2D eigenvalue weighted by molar-refractivity contribution is 0.0778. The number of guanidine groups is 1. The van der Waals surface area contributed by atoms with E-state index in [9.17, 15) is 4.21 Å². The van der Waals surface area contributed by atoms with E-state index in [1.165, 1.54) is 19.3 Å². The van der Waals surface area contributed by atoms with Crippen molar-refractivity contribution in [2.75, 3.05) is 32.6 Å². The second kappa shape index (κ2) is 12.5. The van der Waals surface area contributed by atoms with E-state index in [1.807, 2.05) is 6.92 Å². The van der Waals surface area contributed by atoms with E-state index in [4.69, 9.17) is 9.73 Å². The molecule has 5 nitrogen and oxygen atoms in total. The number of halogens is 1. The maximum absolute atomic E-state index is 12.2. The molecule has 0 heterocycles. The summed E-state index contributed by atoms with van der Waals surface area (Å²) in [6.07, 6.45) is 9.36. The number of aliphatic imine (C=N–C) groups is 1. The molecule has 0 aromatic carbocycles. The molecular formula is C19H38IN3O2S. The maximum atomic E-state index is 12.2. The Balaban J connectivity index is 0.00000338. The summed E-state index contributed by atoms with van der Waals surface area (Å²) in [4.78, 5) is 4.91. The van der Waals surface area contributed by atoms with E-state index in [-0.39, 0.29) is 24.0 Å². The van der Waals surface area contributed by atoms with Crippen molar-refractivity contribution in [3.63, 3.8) is 0 Å². The van der Waals surface area contributed by atoms with Crippen molar-refractivity contribution >= 4 is 40.7 Å². The van der Waals surface area contributed by atoms with Gasteiger partial charge in [-0.25, -0.2) is 0 Å². The number of hydrogen-bond acceptors (Lipinski definition) is 3. The summed E-state index contributed by atoms with van der Waals surface area (Å²) in [6.45, 7) is 6.71. The molecule has 0 spiro atoms. The molecule has 2 N–H and O–H groups in total. The number of ether oxygens (including phenoxy) is 1. The molecule has 3 unspecified atom stereocenters. The molecule has 2 rings (SSSR count). The molecule has 0 bridgehead atoms. The summed E-state index contributed by atoms with van der Waals surface area (Å²) < 4.78 is 17.4. The lowest BCUT2D eigenvalue weighted by Crippen LogP contribution is -2.47. The Hall–Kier alpha value is 0.110. The smallest absolute Gasteiger partial charge is 0.191 e. The normalized spacial score (nSPS) is 26.3. The molecule has 0 amide bonds. The molecule has 0 saturated heterocycles. The quantitative estimate of drug-likeness (QED) is 0.290. The average Bonchev–Trinajstić information content (AvgIpc) is 2.60. The van der Waals surface area contributed by atoms with Crippen LogP contribution in [0.2, 0.25) is 0 Å². The van der Waals surface area contributed by atoms with E-state index >= 15 is 0 Å². The SMILES string of the molecule is CCNC(=NCC1(CCOC)CCC1)NC1CCCC(S(=O)CC)C1.I. The highest BCUT2D eigenvalue weighted by Gasteiger charge is 2.36. The van der Waals surface area contributed by atoms with Crippen molar-refractivity contribution in [2.24, 2.45) is 10.4 Å². The summed E-state index contributed by atoms with van der Waals surface area (Å²) in [5.74, 6) is 1.70. The van der Waals surface area contributed by atoms with E-state index in [0.29, 0.717) is 16.7 Å². The van der Waals surface area contributed by atoms with Gasteiger partial charge in [0.1, 0.15) is 0 Å². The fourth-order valence-corrected chi connectivity index (χ4v) is 5.34. The van der Waals surface area contributed by atoms with Crippen molar-refractivity contribution in [1.82, 2.24) is 10.6 Å². The summed E-state index contributed by atoms with van der Waals surface area (Å²) >= 11 is 0. The Morgan fingerprint density at radius 2 is 2.04 bits per heavy atom. The van der Waals surface area contributed by atoms with Crippen LogP contribution in [0.1, 0.15) is 65.2 Å². The summed E-state index contributed by atoms with van der Waals surface area (Å²) in [5.41, 5.74) is 0.344. The van der Waals surface area contributed by atoms with Crippen LogP contribution in [0.25, 0.3) is 0 Å². The van der Waals surface area contributed by atoms with Gasteiger partial charge in [-0.2, -0.15) is 0 Å². The molecule has 2 aliphatic carbocycles. The predicted molar refractivity (Wildman–Crippen MR) is 122 cm³/mol. The van der Waals surface area contributed by atoms with Crippen molar-refractivity contribution in [1.29, 1.82) is 0 Å². The Morgan fingerprint density at radius 3 is 2.62 bits per heavy atom. The highest BCUT2D eigenvalue weighted by atomic mass is 127. The molecule has 2 fully saturated rings. The maximum Gasteiger partial charge on any atom is 0.191 e. The van der Waals surface area contributed by atoms with Gasteiger partial charge in [0, 0.05) is 54.7 Å². The zero-order chi connectivity index (χ0) is 18.1. The molecule has 154 valence electrons. The number of methoxy groups -OCH3 is 1. The topological polar surface area (TPSA) is 62.7 Å². The van der Waals surface area contributed by atoms with Crippen molar-refractivity contribution in [3.8, 4) is 0 Å². The molecule has 2 saturated carbocycles. The van der Waals surface area contributed by atoms with E-state index in [0.717, 1.165) is 63.5 Å². The highest BCUT2D eigenvalue weighted by Crippen LogP contribution is 2.44. The van der Waals surface area contributed by atoms with Gasteiger partial charge in [-0.15, -0.1) is 24.0 Å². The molecule has 7 heteroatoms. The van der Waals surface area contributed by atoms with Crippen LogP contribution < -0.4 is 10.6 Å². The Kier molecular flexibility index (Phi) is 11.7. The zero-order valence-corrected chi connectivity index (χ0v) is 19.9. The number of nitrogens with one attached hydrogen (secondary N) is 2. The van der Waals surface area contributed by atoms with Gasteiger partial charge >= 0.3 is 0 Å². The van der Waals surface area contributed by atoms with Crippen LogP contribution in [0.4, 0.5) is 0 Å². The lowest BCUT2D eigenvalue weighted by atomic mass is 9.67. The number of hydrogen-bond donors (Lipinski definition) is 2. The zero-order valence-electron chi connectivity index (χ0n) is 16.7. The first kappa shape index (κ1) is 24.1. The second-order valence-corrected chi connectivity index (χ2v) is 9.60. The first-order valence-corrected chi connectivity index (χ1v) is 11.4. The highest BCUT2D eigenvalue weighted by molar-refractivity contribution is 14.0. The molecule has 0 aliphatic heterocycles. The molecule has 0 radical (unpaired) electrons. The largest absolute Gasteiger partial charge is 0.385 e. The van der Waals surface area contributed by atoms with Crippen molar-refractivity contribution in [3.05, 3.63) is 0 Å². The van der Waals surface area contributed by atoms with Gasteiger partial charge < -0.3 is 15.4 Å². The molecule has 2 aliphatic rings. The summed E-state index contributed by atoms with van der Waals surface area (Å²) in [6, 6.07) is 0.392. The standard InChI is InChI=1S/C19H37N3O2S.HI/c1-4-20-18(21-15-19(10-7-11-19)12-13-24-3)22-16-8-6-9-17(14-16)25(23)5-2;/h16-17H,4-15H2,1-3H3,(H2,20,21,22);1H. The first-order valence-electron chi connectivity index (χ1n) is 10.0. The average molecular weight is 500 g/mol. The summed E-state index contributed by atoms with van der Waals surface area (Å²) in [5, 5.41) is 7.36. The number of rotatable bonds is 9. The second-order valence-electron chi connectivity index (χ2n) is 7.59. The van der Waals surface area contributed by atoms with Crippen LogP contribution in [0.5, 0.6) is 0 Å². The van der Waals surface area contributed by atoms with Gasteiger partial charge in [-0.1, -0.05) is 19.8 Å². The molecular weight excluding hydrogens is 461 g/mol. The van der Waals surface area contributed by atoms with E-state index in [1.54, 1.807) is 7.11 Å². The minimum atomic E-state index is -0.681. The fraction of sp³-hybridized carbons (Fsp3) is 0.947. The van der Waals surface area contributed by atoms with Gasteiger partial charge in [0.2, 0.25) is 0 Å². The molecule has 3 atom stereocenters. The monoisotopic (exact) mass is 499 g/mol. The van der Waals surface area contributed by atoms with Gasteiger partial charge in [0.25, 0.3) is 0 Å². The van der Waals surface area contributed by atoms with Crippen LogP contribution in [-0.2, 0) is 15.5 Å². The third-order valence-electron chi connectivity index (χ3n) is 5.79. The van der Waals surface area contributed by atoms with Gasteiger partial charge in [-0.3, -0.25) is 9.20 Å². The molecule has 0 aromatic rings. The third-order valence-corrected chi connectivity index (χ3v) is 7.53. The van der Waals surface area contributed by atoms with Gasteiger partial charge in [0.15, 0.2) is 5.96 Å². The van der Waals surface area contributed by atoms with Gasteiger partial charge in [0.05, 0.1) is 0 Å². The van der Waals surface area contributed by atoms with E-state index < -0.39 is 10.8 Å².